The van der Waals surface area contributed by atoms with E-state index >= 15 is 0 Å². The summed E-state index contributed by atoms with van der Waals surface area (Å²) in [4.78, 5) is 27.8. The van der Waals surface area contributed by atoms with Crippen molar-refractivity contribution in [3.8, 4) is 0 Å². The molecular formula is C12H20N4O2S. The zero-order valence-electron chi connectivity index (χ0n) is 11.3. The molecule has 106 valence electrons. The lowest BCUT2D eigenvalue weighted by molar-refractivity contribution is -0.136. The minimum absolute atomic E-state index is 0.0125. The first kappa shape index (κ1) is 14.0. The standard InChI is InChI=1S/C12H20N4O2S/c1-7(2)9(10(13)19)11(17)15-3-4-16-8(6-15)5-14-12(16)18/h7-9H,3-6H2,1-2H3,(H2,13,19)(H,14,18). The number of urea groups is 1. The van der Waals surface area contributed by atoms with Crippen LogP contribution in [0.3, 0.4) is 0 Å². The van der Waals surface area contributed by atoms with Gasteiger partial charge in [-0.2, -0.15) is 0 Å². The van der Waals surface area contributed by atoms with Crippen LogP contribution in [0.15, 0.2) is 0 Å². The number of carbonyl (C=O) groups excluding carboxylic acids is 2. The maximum Gasteiger partial charge on any atom is 0.317 e. The van der Waals surface area contributed by atoms with Gasteiger partial charge in [0.2, 0.25) is 5.91 Å². The minimum Gasteiger partial charge on any atom is -0.393 e. The highest BCUT2D eigenvalue weighted by Crippen LogP contribution is 2.20. The molecule has 2 atom stereocenters. The van der Waals surface area contributed by atoms with Crippen LogP contribution in [-0.2, 0) is 4.79 Å². The third-order valence-electron chi connectivity index (χ3n) is 3.78. The highest BCUT2D eigenvalue weighted by molar-refractivity contribution is 7.80. The fourth-order valence-corrected chi connectivity index (χ4v) is 3.11. The van der Waals surface area contributed by atoms with Crippen molar-refractivity contribution in [2.24, 2.45) is 17.6 Å². The Morgan fingerprint density at radius 2 is 2.16 bits per heavy atom. The SMILES string of the molecule is CC(C)C(C(=O)N1CCN2C(=O)NCC2C1)C(N)=S. The van der Waals surface area contributed by atoms with Gasteiger partial charge in [0, 0.05) is 26.2 Å². The third-order valence-corrected chi connectivity index (χ3v) is 4.04. The van der Waals surface area contributed by atoms with Crippen molar-refractivity contribution in [3.05, 3.63) is 0 Å². The van der Waals surface area contributed by atoms with Crippen molar-refractivity contribution in [2.45, 2.75) is 19.9 Å². The van der Waals surface area contributed by atoms with Gasteiger partial charge in [0.15, 0.2) is 0 Å². The van der Waals surface area contributed by atoms with Gasteiger partial charge in [0.1, 0.15) is 0 Å². The molecule has 7 heteroatoms. The number of amides is 3. The van der Waals surface area contributed by atoms with E-state index < -0.39 is 5.92 Å². The predicted molar refractivity (Wildman–Crippen MR) is 75.6 cm³/mol. The lowest BCUT2D eigenvalue weighted by atomic mass is 9.93. The summed E-state index contributed by atoms with van der Waals surface area (Å²) in [6, 6.07) is 0.0382. The van der Waals surface area contributed by atoms with E-state index in [-0.39, 0.29) is 28.9 Å². The van der Waals surface area contributed by atoms with Crippen molar-refractivity contribution < 1.29 is 9.59 Å². The van der Waals surface area contributed by atoms with Gasteiger partial charge in [0.25, 0.3) is 0 Å². The zero-order chi connectivity index (χ0) is 14.2. The summed E-state index contributed by atoms with van der Waals surface area (Å²) >= 11 is 5.00. The molecule has 2 fully saturated rings. The molecule has 19 heavy (non-hydrogen) atoms. The van der Waals surface area contributed by atoms with Crippen LogP contribution in [0.5, 0.6) is 0 Å². The molecule has 0 aliphatic carbocycles. The summed E-state index contributed by atoms with van der Waals surface area (Å²) in [7, 11) is 0. The molecule has 0 spiro atoms. The summed E-state index contributed by atoms with van der Waals surface area (Å²) in [5.41, 5.74) is 5.68. The minimum atomic E-state index is -0.411. The molecule has 2 rings (SSSR count). The monoisotopic (exact) mass is 284 g/mol. The maximum absolute atomic E-state index is 12.5. The van der Waals surface area contributed by atoms with Crippen LogP contribution >= 0.6 is 12.2 Å². The van der Waals surface area contributed by atoms with Crippen molar-refractivity contribution in [1.29, 1.82) is 0 Å². The van der Waals surface area contributed by atoms with E-state index in [1.807, 2.05) is 13.8 Å². The van der Waals surface area contributed by atoms with Crippen LogP contribution in [0.4, 0.5) is 4.79 Å². The number of thiocarbonyl (C=S) groups is 1. The zero-order valence-corrected chi connectivity index (χ0v) is 12.1. The highest BCUT2D eigenvalue weighted by Gasteiger charge is 2.39. The quantitative estimate of drug-likeness (QED) is 0.702. The molecule has 3 N–H and O–H groups in total. The molecule has 0 saturated carbocycles. The highest BCUT2D eigenvalue weighted by atomic mass is 32.1. The number of piperazine rings is 1. The third kappa shape index (κ3) is 2.65. The van der Waals surface area contributed by atoms with Gasteiger partial charge in [-0.25, -0.2) is 4.79 Å². The average molecular weight is 284 g/mol. The van der Waals surface area contributed by atoms with Crippen molar-refractivity contribution in [2.75, 3.05) is 26.2 Å². The van der Waals surface area contributed by atoms with Crippen LogP contribution in [0, 0.1) is 11.8 Å². The summed E-state index contributed by atoms with van der Waals surface area (Å²) in [5, 5.41) is 2.79. The Balaban J connectivity index is 2.05. The smallest absolute Gasteiger partial charge is 0.317 e. The van der Waals surface area contributed by atoms with Crippen LogP contribution in [0.25, 0.3) is 0 Å². The second kappa shape index (κ2) is 5.32. The molecule has 0 aromatic heterocycles. The van der Waals surface area contributed by atoms with Gasteiger partial charge in [-0.3, -0.25) is 4.79 Å². The van der Waals surface area contributed by atoms with Gasteiger partial charge < -0.3 is 20.9 Å². The topological polar surface area (TPSA) is 78.7 Å². The molecule has 0 aromatic rings. The molecule has 3 amide bonds. The second-order valence-electron chi connectivity index (χ2n) is 5.44. The molecule has 2 saturated heterocycles. The molecule has 6 nitrogen and oxygen atoms in total. The number of hydrogen-bond donors (Lipinski definition) is 2. The van der Waals surface area contributed by atoms with Crippen LogP contribution in [0.2, 0.25) is 0 Å². The summed E-state index contributed by atoms with van der Waals surface area (Å²) in [5.74, 6) is -0.334. The lowest BCUT2D eigenvalue weighted by Crippen LogP contribution is -2.56. The van der Waals surface area contributed by atoms with Crippen molar-refractivity contribution in [1.82, 2.24) is 15.1 Å². The molecule has 2 aliphatic rings. The number of rotatable bonds is 3. The number of carbonyl (C=O) groups is 2. The van der Waals surface area contributed by atoms with E-state index in [0.29, 0.717) is 26.2 Å². The van der Waals surface area contributed by atoms with Crippen LogP contribution < -0.4 is 11.1 Å². The predicted octanol–water partition coefficient (Wildman–Crippen LogP) is -0.219. The van der Waals surface area contributed by atoms with Gasteiger partial charge in [-0.1, -0.05) is 26.1 Å². The van der Waals surface area contributed by atoms with Crippen LogP contribution in [-0.4, -0.2) is 58.9 Å². The first-order chi connectivity index (χ1) is 8.91. The molecule has 2 unspecified atom stereocenters. The fraction of sp³-hybridized carbons (Fsp3) is 0.750. The molecule has 0 radical (unpaired) electrons. The van der Waals surface area contributed by atoms with E-state index in [2.05, 4.69) is 5.32 Å². The first-order valence-electron chi connectivity index (χ1n) is 6.54. The Morgan fingerprint density at radius 1 is 1.47 bits per heavy atom. The lowest BCUT2D eigenvalue weighted by Gasteiger charge is -2.38. The largest absolute Gasteiger partial charge is 0.393 e. The van der Waals surface area contributed by atoms with E-state index in [9.17, 15) is 9.59 Å². The summed E-state index contributed by atoms with van der Waals surface area (Å²) in [6.07, 6.45) is 0. The molecule has 0 bridgehead atoms. The van der Waals surface area contributed by atoms with Gasteiger partial charge in [-0.05, 0) is 5.92 Å². The van der Waals surface area contributed by atoms with E-state index in [4.69, 9.17) is 18.0 Å². The second-order valence-corrected chi connectivity index (χ2v) is 5.91. The Morgan fingerprint density at radius 3 is 2.74 bits per heavy atom. The first-order valence-corrected chi connectivity index (χ1v) is 6.95. The number of hydrogen-bond acceptors (Lipinski definition) is 3. The Hall–Kier alpha value is -1.37. The van der Waals surface area contributed by atoms with E-state index in [1.54, 1.807) is 9.80 Å². The van der Waals surface area contributed by atoms with Crippen molar-refractivity contribution in [3.63, 3.8) is 0 Å². The van der Waals surface area contributed by atoms with E-state index in [1.165, 1.54) is 0 Å². The van der Waals surface area contributed by atoms with Gasteiger partial charge in [0.05, 0.1) is 16.9 Å². The van der Waals surface area contributed by atoms with Crippen LogP contribution in [0.1, 0.15) is 13.8 Å². The van der Waals surface area contributed by atoms with Crippen molar-refractivity contribution >= 4 is 29.1 Å². The van der Waals surface area contributed by atoms with E-state index in [0.717, 1.165) is 0 Å². The number of fused-ring (bicyclic) bond motifs is 1. The Kier molecular flexibility index (Phi) is 3.93. The Labute approximate surface area is 118 Å². The molecular weight excluding hydrogens is 264 g/mol. The fourth-order valence-electron chi connectivity index (χ4n) is 2.74. The summed E-state index contributed by atoms with van der Waals surface area (Å²) in [6.45, 7) is 6.17. The number of nitrogens with two attached hydrogens (primary N) is 1. The summed E-state index contributed by atoms with van der Waals surface area (Å²) < 4.78 is 0. The number of nitrogens with zero attached hydrogens (tertiary/aromatic N) is 2. The number of nitrogens with one attached hydrogen (secondary N) is 1. The Bertz CT molecular complexity index is 413. The van der Waals surface area contributed by atoms with Gasteiger partial charge >= 0.3 is 6.03 Å². The maximum atomic E-state index is 12.5. The molecule has 2 heterocycles. The molecule has 2 aliphatic heterocycles. The molecule has 0 aromatic carbocycles. The normalized spacial score (nSPS) is 24.2. The van der Waals surface area contributed by atoms with Gasteiger partial charge in [-0.15, -0.1) is 0 Å². The average Bonchev–Trinajstić information content (AvgIpc) is 2.69.